The maximum atomic E-state index is 5.74. The Kier molecular flexibility index (Phi) is 3.72. The van der Waals surface area contributed by atoms with Crippen LogP contribution in [-0.4, -0.2) is 19.7 Å². The zero-order valence-electron chi connectivity index (χ0n) is 11.1. The molecule has 1 unspecified atom stereocenters. The van der Waals surface area contributed by atoms with E-state index in [1.54, 1.807) is 0 Å². The Bertz CT molecular complexity index is 373. The second-order valence-electron chi connectivity index (χ2n) is 5.69. The normalized spacial score (nSPS) is 18.9. The van der Waals surface area contributed by atoms with Crippen LogP contribution in [0.5, 0.6) is 5.75 Å². The fourth-order valence-electron chi connectivity index (χ4n) is 2.60. The Morgan fingerprint density at radius 3 is 2.88 bits per heavy atom. The van der Waals surface area contributed by atoms with E-state index in [-0.39, 0.29) is 0 Å². The van der Waals surface area contributed by atoms with Crippen LogP contribution in [0.15, 0.2) is 24.3 Å². The fraction of sp³-hybridized carbons (Fsp3) is 0.600. The monoisotopic (exact) mass is 233 g/mol. The second kappa shape index (κ2) is 5.09. The molecule has 1 aliphatic heterocycles. The average molecular weight is 233 g/mol. The third-order valence-corrected chi connectivity index (χ3v) is 3.45. The van der Waals surface area contributed by atoms with Gasteiger partial charge in [-0.3, -0.25) is 0 Å². The van der Waals surface area contributed by atoms with Gasteiger partial charge >= 0.3 is 0 Å². The molecule has 1 N–H and O–H groups in total. The van der Waals surface area contributed by atoms with Gasteiger partial charge in [-0.05, 0) is 24.4 Å². The summed E-state index contributed by atoms with van der Waals surface area (Å²) in [5.41, 5.74) is 1.71. The van der Waals surface area contributed by atoms with Gasteiger partial charge in [0, 0.05) is 18.0 Å². The molecule has 2 nitrogen and oxygen atoms in total. The highest BCUT2D eigenvalue weighted by Crippen LogP contribution is 2.40. The van der Waals surface area contributed by atoms with Crippen molar-refractivity contribution < 1.29 is 4.74 Å². The van der Waals surface area contributed by atoms with Crippen LogP contribution in [0.2, 0.25) is 0 Å². The summed E-state index contributed by atoms with van der Waals surface area (Å²) in [6.45, 7) is 9.77. The molecular formula is C15H23NO. The first-order valence-electron chi connectivity index (χ1n) is 6.55. The summed E-state index contributed by atoms with van der Waals surface area (Å²) in [6.07, 6.45) is 1.18. The molecule has 0 radical (unpaired) electrons. The first-order chi connectivity index (χ1) is 8.12. The summed E-state index contributed by atoms with van der Waals surface area (Å²) in [5.74, 6) is 1.64. The van der Waals surface area contributed by atoms with Crippen molar-refractivity contribution in [3.63, 3.8) is 0 Å². The van der Waals surface area contributed by atoms with Crippen LogP contribution in [0.25, 0.3) is 0 Å². The molecule has 1 aromatic carbocycles. The first-order valence-corrected chi connectivity index (χ1v) is 6.55. The van der Waals surface area contributed by atoms with Gasteiger partial charge < -0.3 is 10.1 Å². The summed E-state index contributed by atoms with van der Waals surface area (Å²) in [4.78, 5) is 0. The molecule has 1 aliphatic rings. The van der Waals surface area contributed by atoms with Gasteiger partial charge in [0.1, 0.15) is 5.75 Å². The predicted molar refractivity (Wildman–Crippen MR) is 71.6 cm³/mol. The number of hydrogen-bond donors (Lipinski definition) is 1. The summed E-state index contributed by atoms with van der Waals surface area (Å²) in [6, 6.07) is 8.44. The summed E-state index contributed by atoms with van der Waals surface area (Å²) < 4.78 is 5.74. The van der Waals surface area contributed by atoms with Crippen molar-refractivity contribution in [3.8, 4) is 5.75 Å². The van der Waals surface area contributed by atoms with Gasteiger partial charge in [-0.25, -0.2) is 0 Å². The lowest BCUT2D eigenvalue weighted by molar-refractivity contribution is 0.253. The Morgan fingerprint density at radius 1 is 1.35 bits per heavy atom. The van der Waals surface area contributed by atoms with Gasteiger partial charge in [0.25, 0.3) is 0 Å². The maximum absolute atomic E-state index is 5.74. The lowest BCUT2D eigenvalue weighted by Crippen LogP contribution is -2.31. The zero-order valence-corrected chi connectivity index (χ0v) is 11.1. The van der Waals surface area contributed by atoms with Crippen molar-refractivity contribution in [1.82, 2.24) is 5.32 Å². The summed E-state index contributed by atoms with van der Waals surface area (Å²) in [5, 5.41) is 3.45. The van der Waals surface area contributed by atoms with Gasteiger partial charge in [-0.15, -0.1) is 0 Å². The van der Waals surface area contributed by atoms with Crippen LogP contribution in [-0.2, 0) is 0 Å². The number of hydrogen-bond acceptors (Lipinski definition) is 2. The van der Waals surface area contributed by atoms with E-state index in [4.69, 9.17) is 4.74 Å². The molecular weight excluding hydrogens is 210 g/mol. The molecule has 0 saturated heterocycles. The molecule has 0 fully saturated rings. The molecule has 2 rings (SSSR count). The summed E-state index contributed by atoms with van der Waals surface area (Å²) in [7, 11) is 0. The van der Waals surface area contributed by atoms with Crippen molar-refractivity contribution in [2.45, 2.75) is 33.1 Å². The Labute approximate surface area is 104 Å². The number of benzene rings is 1. The van der Waals surface area contributed by atoms with E-state index in [9.17, 15) is 0 Å². The Morgan fingerprint density at radius 2 is 2.12 bits per heavy atom. The molecule has 0 bridgehead atoms. The first kappa shape index (κ1) is 12.4. The Hall–Kier alpha value is -1.02. The van der Waals surface area contributed by atoms with Crippen LogP contribution in [0.1, 0.15) is 38.7 Å². The molecule has 0 spiro atoms. The van der Waals surface area contributed by atoms with Crippen LogP contribution in [0, 0.1) is 5.41 Å². The molecule has 17 heavy (non-hydrogen) atoms. The molecule has 0 aliphatic carbocycles. The summed E-state index contributed by atoms with van der Waals surface area (Å²) >= 11 is 0. The number of ether oxygens (including phenoxy) is 1. The van der Waals surface area contributed by atoms with Crippen LogP contribution in [0.4, 0.5) is 0 Å². The highest BCUT2D eigenvalue weighted by molar-refractivity contribution is 5.39. The van der Waals surface area contributed by atoms with Crippen LogP contribution in [0.3, 0.4) is 0 Å². The zero-order chi connectivity index (χ0) is 12.3. The minimum atomic E-state index is 0.321. The van der Waals surface area contributed by atoms with E-state index in [2.05, 4.69) is 44.3 Å². The highest BCUT2D eigenvalue weighted by Gasteiger charge is 2.29. The molecule has 0 aromatic heterocycles. The lowest BCUT2D eigenvalue weighted by atomic mass is 9.80. The van der Waals surface area contributed by atoms with Gasteiger partial charge in [0.15, 0.2) is 0 Å². The number of nitrogens with one attached hydrogen (secondary N) is 1. The predicted octanol–water partition coefficient (Wildman–Crippen LogP) is 3.19. The largest absolute Gasteiger partial charge is 0.493 e. The fourth-order valence-corrected chi connectivity index (χ4v) is 2.60. The third-order valence-electron chi connectivity index (χ3n) is 3.45. The van der Waals surface area contributed by atoms with E-state index in [0.29, 0.717) is 11.3 Å². The highest BCUT2D eigenvalue weighted by atomic mass is 16.5. The van der Waals surface area contributed by atoms with Crippen LogP contribution >= 0.6 is 0 Å². The quantitative estimate of drug-likeness (QED) is 0.843. The topological polar surface area (TPSA) is 21.3 Å². The lowest BCUT2D eigenvalue weighted by Gasteiger charge is -2.27. The van der Waals surface area contributed by atoms with Gasteiger partial charge in [-0.2, -0.15) is 0 Å². The van der Waals surface area contributed by atoms with Crippen LogP contribution < -0.4 is 10.1 Å². The van der Waals surface area contributed by atoms with Gasteiger partial charge in [0.2, 0.25) is 0 Å². The number of fused-ring (bicyclic) bond motifs is 1. The van der Waals surface area contributed by atoms with E-state index in [0.717, 1.165) is 25.4 Å². The minimum absolute atomic E-state index is 0.321. The standard InChI is InChI=1S/C15H23NO/c1-4-16-11-15(2,3)9-12-10-17-14-8-6-5-7-13(12)14/h5-8,12,16H,4,9-11H2,1-3H3. The molecule has 1 atom stereocenters. The Balaban J connectivity index is 2.01. The van der Waals surface area contributed by atoms with Gasteiger partial charge in [0.05, 0.1) is 6.61 Å². The smallest absolute Gasteiger partial charge is 0.122 e. The molecule has 94 valence electrons. The molecule has 1 heterocycles. The molecule has 0 amide bonds. The SMILES string of the molecule is CCNCC(C)(C)CC1COc2ccccc21. The second-order valence-corrected chi connectivity index (χ2v) is 5.69. The van der Waals surface area contributed by atoms with Crippen molar-refractivity contribution in [3.05, 3.63) is 29.8 Å². The van der Waals surface area contributed by atoms with Crippen molar-refractivity contribution in [2.75, 3.05) is 19.7 Å². The van der Waals surface area contributed by atoms with Crippen molar-refractivity contribution in [1.29, 1.82) is 0 Å². The van der Waals surface area contributed by atoms with E-state index in [1.165, 1.54) is 12.0 Å². The average Bonchev–Trinajstić information content (AvgIpc) is 2.70. The van der Waals surface area contributed by atoms with E-state index in [1.807, 2.05) is 6.07 Å². The molecule has 0 saturated carbocycles. The van der Waals surface area contributed by atoms with E-state index >= 15 is 0 Å². The molecule has 2 heteroatoms. The number of para-hydroxylation sites is 1. The minimum Gasteiger partial charge on any atom is -0.493 e. The third kappa shape index (κ3) is 3.01. The van der Waals surface area contributed by atoms with Crippen molar-refractivity contribution in [2.24, 2.45) is 5.41 Å². The molecule has 1 aromatic rings. The number of rotatable bonds is 5. The van der Waals surface area contributed by atoms with Gasteiger partial charge in [-0.1, -0.05) is 39.0 Å². The van der Waals surface area contributed by atoms with Crippen molar-refractivity contribution >= 4 is 0 Å². The maximum Gasteiger partial charge on any atom is 0.122 e. The van der Waals surface area contributed by atoms with E-state index < -0.39 is 0 Å².